The molecule has 1 amide bonds. The van der Waals surface area contributed by atoms with Gasteiger partial charge < -0.3 is 20.1 Å². The number of carbonyl (C=O) groups excluding carboxylic acids is 1. The third kappa shape index (κ3) is 4.22. The Morgan fingerprint density at radius 3 is 2.47 bits per heavy atom. The molecule has 0 bridgehead atoms. The van der Waals surface area contributed by atoms with Crippen molar-refractivity contribution in [2.45, 2.75) is 6.04 Å². The van der Waals surface area contributed by atoms with Crippen molar-refractivity contribution in [3.8, 4) is 0 Å². The SMILES string of the molecule is O=C(C(c1ccc(Cl)cc1)N1CCNCC1)N1CCN(c2ncnc3[nH]cc(Br)c23)CC1. The number of amides is 1. The van der Waals surface area contributed by atoms with Gasteiger partial charge in [-0.3, -0.25) is 9.69 Å². The Morgan fingerprint density at radius 1 is 1.03 bits per heavy atom. The molecule has 1 atom stereocenters. The molecule has 2 aromatic heterocycles. The van der Waals surface area contributed by atoms with Gasteiger partial charge in [0, 0.05) is 68.1 Å². The average molecular weight is 519 g/mol. The number of benzene rings is 1. The molecule has 0 aliphatic carbocycles. The smallest absolute Gasteiger partial charge is 0.244 e. The van der Waals surface area contributed by atoms with Crippen molar-refractivity contribution < 1.29 is 4.79 Å². The van der Waals surface area contributed by atoms with Crippen LogP contribution in [0.15, 0.2) is 41.3 Å². The van der Waals surface area contributed by atoms with Crippen LogP contribution in [0, 0.1) is 0 Å². The molecular weight excluding hydrogens is 494 g/mol. The van der Waals surface area contributed by atoms with Gasteiger partial charge >= 0.3 is 0 Å². The van der Waals surface area contributed by atoms with Crippen molar-refractivity contribution in [3.05, 3.63) is 51.8 Å². The summed E-state index contributed by atoms with van der Waals surface area (Å²) >= 11 is 9.70. The lowest BCUT2D eigenvalue weighted by Gasteiger charge is -2.40. The quantitative estimate of drug-likeness (QED) is 0.553. The number of aromatic nitrogens is 3. The molecule has 168 valence electrons. The molecule has 3 aromatic rings. The highest BCUT2D eigenvalue weighted by molar-refractivity contribution is 9.10. The van der Waals surface area contributed by atoms with Crippen molar-refractivity contribution in [1.82, 2.24) is 30.1 Å². The number of hydrogen-bond acceptors (Lipinski definition) is 6. The number of fused-ring (bicyclic) bond motifs is 1. The fourth-order valence-corrected chi connectivity index (χ4v) is 5.16. The van der Waals surface area contributed by atoms with Crippen LogP contribution in [-0.4, -0.2) is 83.0 Å². The van der Waals surface area contributed by atoms with Gasteiger partial charge in [0.05, 0.1) is 5.39 Å². The molecule has 32 heavy (non-hydrogen) atoms. The largest absolute Gasteiger partial charge is 0.352 e. The number of anilines is 1. The first-order chi connectivity index (χ1) is 15.6. The van der Waals surface area contributed by atoms with Gasteiger partial charge in [-0.2, -0.15) is 0 Å². The lowest BCUT2D eigenvalue weighted by Crippen LogP contribution is -2.54. The third-order valence-corrected chi connectivity index (χ3v) is 7.11. The maximum atomic E-state index is 13.7. The van der Waals surface area contributed by atoms with E-state index in [9.17, 15) is 4.79 Å². The summed E-state index contributed by atoms with van der Waals surface area (Å²) in [7, 11) is 0. The van der Waals surface area contributed by atoms with Gasteiger partial charge in [-0.1, -0.05) is 23.7 Å². The number of H-pyrrole nitrogens is 1. The molecular formula is C22H25BrClN7O. The summed E-state index contributed by atoms with van der Waals surface area (Å²) in [6, 6.07) is 7.40. The molecule has 0 spiro atoms. The number of nitrogens with one attached hydrogen (secondary N) is 2. The van der Waals surface area contributed by atoms with E-state index in [-0.39, 0.29) is 11.9 Å². The molecule has 8 nitrogen and oxygen atoms in total. The predicted octanol–water partition coefficient (Wildman–Crippen LogP) is 2.67. The maximum absolute atomic E-state index is 13.7. The van der Waals surface area contributed by atoms with Gasteiger partial charge in [0.25, 0.3) is 0 Å². The van der Waals surface area contributed by atoms with Crippen LogP contribution in [-0.2, 0) is 4.79 Å². The number of carbonyl (C=O) groups is 1. The number of rotatable bonds is 4. The summed E-state index contributed by atoms with van der Waals surface area (Å²) in [4.78, 5) is 32.2. The number of hydrogen-bond donors (Lipinski definition) is 2. The first kappa shape index (κ1) is 21.6. The highest BCUT2D eigenvalue weighted by Crippen LogP contribution is 2.31. The summed E-state index contributed by atoms with van der Waals surface area (Å²) in [6.07, 6.45) is 3.46. The third-order valence-electron chi connectivity index (χ3n) is 6.23. The van der Waals surface area contributed by atoms with Crippen LogP contribution >= 0.6 is 27.5 Å². The Hall–Kier alpha value is -2.20. The molecule has 2 N–H and O–H groups in total. The molecule has 0 saturated carbocycles. The van der Waals surface area contributed by atoms with Crippen LogP contribution in [0.3, 0.4) is 0 Å². The van der Waals surface area contributed by atoms with Crippen molar-refractivity contribution in [3.63, 3.8) is 0 Å². The van der Waals surface area contributed by atoms with E-state index in [0.29, 0.717) is 18.1 Å². The maximum Gasteiger partial charge on any atom is 0.244 e. The van der Waals surface area contributed by atoms with Crippen LogP contribution in [0.25, 0.3) is 11.0 Å². The van der Waals surface area contributed by atoms with Crippen molar-refractivity contribution in [2.24, 2.45) is 0 Å². The van der Waals surface area contributed by atoms with E-state index < -0.39 is 0 Å². The first-order valence-corrected chi connectivity index (χ1v) is 12.0. The van der Waals surface area contributed by atoms with E-state index in [4.69, 9.17) is 11.6 Å². The van der Waals surface area contributed by atoms with Gasteiger partial charge in [0.2, 0.25) is 5.91 Å². The summed E-state index contributed by atoms with van der Waals surface area (Å²) in [5.41, 5.74) is 1.80. The zero-order valence-corrected chi connectivity index (χ0v) is 19.9. The number of aromatic amines is 1. The van der Waals surface area contributed by atoms with Crippen LogP contribution in [0.4, 0.5) is 5.82 Å². The van der Waals surface area contributed by atoms with Crippen molar-refractivity contribution >= 4 is 50.3 Å². The van der Waals surface area contributed by atoms with Crippen LogP contribution in [0.2, 0.25) is 5.02 Å². The van der Waals surface area contributed by atoms with Gasteiger partial charge in [0.1, 0.15) is 23.8 Å². The fraction of sp³-hybridized carbons (Fsp3) is 0.409. The highest BCUT2D eigenvalue weighted by Gasteiger charge is 2.34. The van der Waals surface area contributed by atoms with Crippen LogP contribution in [0.5, 0.6) is 0 Å². The van der Waals surface area contributed by atoms with Gasteiger partial charge in [-0.05, 0) is 33.6 Å². The van der Waals surface area contributed by atoms with E-state index in [2.05, 4.69) is 46.0 Å². The minimum atomic E-state index is -0.287. The second-order valence-corrected chi connectivity index (χ2v) is 9.40. The Morgan fingerprint density at radius 2 is 1.75 bits per heavy atom. The summed E-state index contributed by atoms with van der Waals surface area (Å²) in [5.74, 6) is 1.05. The van der Waals surface area contributed by atoms with E-state index in [1.165, 1.54) is 0 Å². The number of halogens is 2. The molecule has 0 radical (unpaired) electrons. The van der Waals surface area contributed by atoms with Crippen LogP contribution < -0.4 is 10.2 Å². The Balaban J connectivity index is 1.34. The highest BCUT2D eigenvalue weighted by atomic mass is 79.9. The van der Waals surface area contributed by atoms with E-state index in [1.54, 1.807) is 6.33 Å². The molecule has 2 fully saturated rings. The monoisotopic (exact) mass is 517 g/mol. The molecule has 10 heteroatoms. The summed E-state index contributed by atoms with van der Waals surface area (Å²) in [6.45, 7) is 6.24. The summed E-state index contributed by atoms with van der Waals surface area (Å²) < 4.78 is 0.947. The zero-order valence-electron chi connectivity index (χ0n) is 17.6. The van der Waals surface area contributed by atoms with Gasteiger partial charge in [0.15, 0.2) is 0 Å². The van der Waals surface area contributed by atoms with Crippen molar-refractivity contribution in [1.29, 1.82) is 0 Å². The topological polar surface area (TPSA) is 80.4 Å². The second kappa shape index (κ2) is 9.35. The molecule has 1 aromatic carbocycles. The standard InChI is InChI=1S/C22H25BrClN7O/c23-17-13-26-20-18(17)21(28-14-27-20)30-9-11-31(12-10-30)22(32)19(29-7-5-25-6-8-29)15-1-3-16(24)4-2-15/h1-4,13-14,19,25H,5-12H2,(H,26,27,28). The van der Waals surface area contributed by atoms with Crippen molar-refractivity contribution in [2.75, 3.05) is 57.3 Å². The number of nitrogens with zero attached hydrogens (tertiary/aromatic N) is 5. The van der Waals surface area contributed by atoms with E-state index in [1.807, 2.05) is 35.4 Å². The predicted molar refractivity (Wildman–Crippen MR) is 129 cm³/mol. The fourth-order valence-electron chi connectivity index (χ4n) is 4.56. The first-order valence-electron chi connectivity index (χ1n) is 10.8. The summed E-state index contributed by atoms with van der Waals surface area (Å²) in [5, 5.41) is 5.04. The molecule has 4 heterocycles. The Bertz CT molecular complexity index is 1090. The zero-order chi connectivity index (χ0) is 22.1. The molecule has 1 unspecified atom stereocenters. The van der Waals surface area contributed by atoms with Gasteiger partial charge in [-0.15, -0.1) is 0 Å². The number of piperazine rings is 2. The normalized spacial score (nSPS) is 18.8. The van der Waals surface area contributed by atoms with E-state index >= 15 is 0 Å². The minimum Gasteiger partial charge on any atom is -0.352 e. The van der Waals surface area contributed by atoms with Crippen LogP contribution in [0.1, 0.15) is 11.6 Å². The molecule has 2 saturated heterocycles. The molecule has 2 aliphatic rings. The Kier molecular flexibility index (Phi) is 6.32. The average Bonchev–Trinajstić information content (AvgIpc) is 3.22. The minimum absolute atomic E-state index is 0.157. The molecule has 2 aliphatic heterocycles. The van der Waals surface area contributed by atoms with E-state index in [0.717, 1.165) is 66.2 Å². The Labute approximate surface area is 200 Å². The lowest BCUT2D eigenvalue weighted by molar-refractivity contribution is -0.138. The second-order valence-electron chi connectivity index (χ2n) is 8.11. The lowest BCUT2D eigenvalue weighted by atomic mass is 10.0. The molecule has 5 rings (SSSR count). The van der Waals surface area contributed by atoms with Gasteiger partial charge in [-0.25, -0.2) is 9.97 Å².